The number of aromatic nitrogens is 2. The molecule has 1 aromatic heterocycles. The Morgan fingerprint density at radius 1 is 1.03 bits per heavy atom. The summed E-state index contributed by atoms with van der Waals surface area (Å²) >= 11 is 0. The van der Waals surface area contributed by atoms with Gasteiger partial charge in [0.25, 0.3) is 0 Å². The summed E-state index contributed by atoms with van der Waals surface area (Å²) in [5, 5.41) is 10.2. The lowest BCUT2D eigenvalue weighted by Crippen LogP contribution is -2.16. The average molecular weight is 437 g/mol. The first kappa shape index (κ1) is 23.8. The quantitative estimate of drug-likeness (QED) is 0.427. The first-order chi connectivity index (χ1) is 14.2. The Morgan fingerprint density at radius 2 is 1.53 bits per heavy atom. The topological polar surface area (TPSA) is 112 Å². The highest BCUT2D eigenvalue weighted by Gasteiger charge is 2.35. The maximum atomic E-state index is 13.8. The molecule has 0 aliphatic heterocycles. The van der Waals surface area contributed by atoms with Gasteiger partial charge in [0, 0.05) is 18.8 Å². The molecule has 0 aliphatic carbocycles. The van der Waals surface area contributed by atoms with E-state index in [9.17, 15) is 9.67 Å². The fourth-order valence-electron chi connectivity index (χ4n) is 2.60. The number of benzene rings is 1. The van der Waals surface area contributed by atoms with Crippen molar-refractivity contribution in [1.29, 1.82) is 0 Å². The van der Waals surface area contributed by atoms with E-state index in [2.05, 4.69) is 15.0 Å². The number of aromatic hydroxyl groups is 1. The molecule has 0 radical (unpaired) electrons. The Bertz CT molecular complexity index is 879. The molecule has 0 unspecified atom stereocenters. The van der Waals surface area contributed by atoms with Crippen molar-refractivity contribution in [2.24, 2.45) is 4.99 Å². The molecule has 2 rings (SSSR count). The second-order valence-corrected chi connectivity index (χ2v) is 8.84. The standard InChI is InChI=1S/C20H28N3O6P/c1-13(2)28-30(25,29-14(3)4)18(23-20-21-8-7-9-22-20)12-15-10-16(26-5)19(24)17(11-15)27-6/h7-11,13-14,24H,12H2,1-6H3. The SMILES string of the molecule is COc1cc(CC(=Nc2ncccn2)P(=O)(OC(C)C)OC(C)C)cc(OC)c1O. The highest BCUT2D eigenvalue weighted by Crippen LogP contribution is 2.53. The zero-order valence-electron chi connectivity index (χ0n) is 18.0. The lowest BCUT2D eigenvalue weighted by Gasteiger charge is -2.24. The number of hydrogen-bond acceptors (Lipinski definition) is 9. The summed E-state index contributed by atoms with van der Waals surface area (Å²) in [6, 6.07) is 4.87. The Morgan fingerprint density at radius 3 is 1.97 bits per heavy atom. The Hall–Kier alpha value is -2.48. The van der Waals surface area contributed by atoms with Crippen LogP contribution >= 0.6 is 7.60 Å². The molecule has 0 saturated heterocycles. The van der Waals surface area contributed by atoms with Gasteiger partial charge in [-0.3, -0.25) is 4.57 Å². The fourth-order valence-corrected chi connectivity index (χ4v) is 4.59. The maximum absolute atomic E-state index is 13.8. The first-order valence-corrected chi connectivity index (χ1v) is 11.0. The van der Waals surface area contributed by atoms with E-state index in [-0.39, 0.29) is 47.3 Å². The van der Waals surface area contributed by atoms with Gasteiger partial charge in [-0.1, -0.05) is 0 Å². The highest BCUT2D eigenvalue weighted by atomic mass is 31.2. The highest BCUT2D eigenvalue weighted by molar-refractivity contribution is 7.72. The molecule has 1 aromatic carbocycles. The summed E-state index contributed by atoms with van der Waals surface area (Å²) in [4.78, 5) is 12.6. The van der Waals surface area contributed by atoms with Crippen LogP contribution in [0.25, 0.3) is 0 Å². The minimum atomic E-state index is -3.81. The van der Waals surface area contributed by atoms with Crippen LogP contribution in [0.15, 0.2) is 35.6 Å². The van der Waals surface area contributed by atoms with Crippen molar-refractivity contribution < 1.29 is 28.2 Å². The number of nitrogens with zero attached hydrogens (tertiary/aromatic N) is 3. The van der Waals surface area contributed by atoms with Crippen LogP contribution in [0.5, 0.6) is 17.2 Å². The van der Waals surface area contributed by atoms with Gasteiger partial charge >= 0.3 is 7.60 Å². The lowest BCUT2D eigenvalue weighted by atomic mass is 10.1. The Balaban J connectivity index is 2.59. The summed E-state index contributed by atoms with van der Waals surface area (Å²) in [5.74, 6) is 0.423. The number of aliphatic imine (C=N–C) groups is 1. The smallest absolute Gasteiger partial charge is 0.376 e. The predicted molar refractivity (Wildman–Crippen MR) is 114 cm³/mol. The number of ether oxygens (including phenoxy) is 2. The molecule has 9 nitrogen and oxygen atoms in total. The van der Waals surface area contributed by atoms with Crippen LogP contribution in [-0.2, 0) is 20.0 Å². The third-order valence-corrected chi connectivity index (χ3v) is 5.99. The third-order valence-electron chi connectivity index (χ3n) is 3.70. The number of rotatable bonds is 10. The summed E-state index contributed by atoms with van der Waals surface area (Å²) < 4.78 is 35.7. The van der Waals surface area contributed by atoms with E-state index >= 15 is 0 Å². The van der Waals surface area contributed by atoms with E-state index < -0.39 is 7.60 Å². The van der Waals surface area contributed by atoms with E-state index in [1.807, 2.05) is 0 Å². The van der Waals surface area contributed by atoms with Gasteiger partial charge < -0.3 is 23.6 Å². The normalized spacial score (nSPS) is 12.5. The molecule has 0 spiro atoms. The van der Waals surface area contributed by atoms with Gasteiger partial charge in [0.05, 0.1) is 26.4 Å². The van der Waals surface area contributed by atoms with Gasteiger partial charge in [-0.2, -0.15) is 0 Å². The number of hydrogen-bond donors (Lipinski definition) is 1. The summed E-state index contributed by atoms with van der Waals surface area (Å²) in [6.45, 7) is 7.05. The zero-order chi connectivity index (χ0) is 22.3. The van der Waals surface area contributed by atoms with Gasteiger partial charge in [-0.25, -0.2) is 15.0 Å². The average Bonchev–Trinajstić information content (AvgIpc) is 2.68. The van der Waals surface area contributed by atoms with E-state index in [4.69, 9.17) is 18.5 Å². The molecule has 0 fully saturated rings. The molecule has 0 atom stereocenters. The van der Waals surface area contributed by atoms with Crippen LogP contribution in [0.4, 0.5) is 5.95 Å². The van der Waals surface area contributed by atoms with Gasteiger partial charge in [-0.15, -0.1) is 0 Å². The van der Waals surface area contributed by atoms with Crippen LogP contribution in [0.3, 0.4) is 0 Å². The molecule has 0 saturated carbocycles. The third kappa shape index (κ3) is 6.26. The number of methoxy groups -OCH3 is 2. The molecule has 30 heavy (non-hydrogen) atoms. The molecule has 10 heteroatoms. The second kappa shape index (κ2) is 10.5. The first-order valence-electron chi connectivity index (χ1n) is 9.44. The van der Waals surface area contributed by atoms with Crippen molar-refractivity contribution >= 4 is 19.0 Å². The molecule has 164 valence electrons. The van der Waals surface area contributed by atoms with Crippen molar-refractivity contribution in [1.82, 2.24) is 9.97 Å². The van der Waals surface area contributed by atoms with Crippen LogP contribution < -0.4 is 9.47 Å². The fraction of sp³-hybridized carbons (Fsp3) is 0.450. The van der Waals surface area contributed by atoms with Crippen LogP contribution in [0, 0.1) is 0 Å². The molecule has 0 bridgehead atoms. The molecular formula is C20H28N3O6P. The molecular weight excluding hydrogens is 409 g/mol. The summed E-state index contributed by atoms with van der Waals surface area (Å²) in [5.41, 5.74) is 0.752. The largest absolute Gasteiger partial charge is 0.502 e. The van der Waals surface area contributed by atoms with Gasteiger partial charge in [0.2, 0.25) is 11.7 Å². The van der Waals surface area contributed by atoms with Gasteiger partial charge in [0.1, 0.15) is 5.45 Å². The van der Waals surface area contributed by atoms with Gasteiger partial charge in [-0.05, 0) is 51.5 Å². The maximum Gasteiger partial charge on any atom is 0.376 e. The monoisotopic (exact) mass is 437 g/mol. The zero-order valence-corrected chi connectivity index (χ0v) is 18.9. The second-order valence-electron chi connectivity index (χ2n) is 6.91. The molecule has 0 amide bonds. The molecule has 0 aliphatic rings. The number of phenols is 1. The lowest BCUT2D eigenvalue weighted by molar-refractivity contribution is 0.152. The van der Waals surface area contributed by atoms with Crippen LogP contribution in [-0.4, -0.2) is 47.0 Å². The number of phenolic OH excluding ortho intramolecular Hbond substituents is 1. The van der Waals surface area contributed by atoms with Crippen LogP contribution in [0.2, 0.25) is 0 Å². The molecule has 1 heterocycles. The van der Waals surface area contributed by atoms with Crippen molar-refractivity contribution in [2.45, 2.75) is 46.3 Å². The Labute approximate surface area is 176 Å². The minimum absolute atomic E-state index is 0.0714. The summed E-state index contributed by atoms with van der Waals surface area (Å²) in [7, 11) is -0.945. The molecule has 2 aromatic rings. The van der Waals surface area contributed by atoms with Crippen molar-refractivity contribution in [2.75, 3.05) is 14.2 Å². The van der Waals surface area contributed by atoms with E-state index in [0.717, 1.165) is 0 Å². The van der Waals surface area contributed by atoms with Crippen LogP contribution in [0.1, 0.15) is 33.3 Å². The van der Waals surface area contributed by atoms with E-state index in [0.29, 0.717) is 5.56 Å². The predicted octanol–water partition coefficient (Wildman–Crippen LogP) is 4.52. The van der Waals surface area contributed by atoms with E-state index in [1.54, 1.807) is 45.9 Å². The van der Waals surface area contributed by atoms with Crippen molar-refractivity contribution in [3.63, 3.8) is 0 Å². The van der Waals surface area contributed by atoms with Gasteiger partial charge in [0.15, 0.2) is 11.5 Å². The van der Waals surface area contributed by atoms with Crippen molar-refractivity contribution in [3.8, 4) is 17.2 Å². The van der Waals surface area contributed by atoms with Crippen molar-refractivity contribution in [3.05, 3.63) is 36.2 Å². The minimum Gasteiger partial charge on any atom is -0.502 e. The molecule has 1 N–H and O–H groups in total. The summed E-state index contributed by atoms with van der Waals surface area (Å²) in [6.07, 6.45) is 2.39. The Kier molecular flexibility index (Phi) is 8.34. The van der Waals surface area contributed by atoms with E-state index in [1.165, 1.54) is 26.6 Å².